The molecule has 1 saturated heterocycles. The van der Waals surface area contributed by atoms with Gasteiger partial charge in [-0.1, -0.05) is 57.5 Å². The number of nitrogens with two attached hydrogens (primary N) is 1. The van der Waals surface area contributed by atoms with E-state index in [1.807, 2.05) is 37.3 Å². The molecule has 136 valence electrons. The number of nitriles is 1. The van der Waals surface area contributed by atoms with E-state index >= 15 is 0 Å². The fourth-order valence-electron chi connectivity index (χ4n) is 2.88. The van der Waals surface area contributed by atoms with Crippen LogP contribution >= 0.6 is 27.7 Å². The molecule has 1 atom stereocenters. The van der Waals surface area contributed by atoms with E-state index in [0.29, 0.717) is 12.1 Å². The minimum atomic E-state index is -0.842. The number of anilines is 1. The fraction of sp³-hybridized carbons (Fsp3) is 0.150. The average molecular weight is 442 g/mol. The van der Waals surface area contributed by atoms with Crippen LogP contribution in [0.1, 0.15) is 11.1 Å². The number of nitrogens with zero attached hydrogens (tertiary/aromatic N) is 2. The molecule has 27 heavy (non-hydrogen) atoms. The van der Waals surface area contributed by atoms with Gasteiger partial charge in [0.05, 0.1) is 5.25 Å². The normalized spacial score (nSPS) is 18.3. The van der Waals surface area contributed by atoms with Gasteiger partial charge in [-0.2, -0.15) is 5.26 Å². The number of rotatable bonds is 4. The number of benzene rings is 2. The summed E-state index contributed by atoms with van der Waals surface area (Å²) in [4.78, 5) is 26.3. The highest BCUT2D eigenvalue weighted by Crippen LogP contribution is 2.42. The second-order valence-corrected chi connectivity index (χ2v) is 8.21. The standard InChI is InChI=1S/C20H16BrN3O2S/c1-12-3-2-4-13(9-12)10-17-19(26)24(15-7-5-14(21)6-8-15)20(27-17)16(11-22)18(23)25/h2-9,17H,10H2,1H3,(H2,23,25). The van der Waals surface area contributed by atoms with Gasteiger partial charge in [0.15, 0.2) is 0 Å². The topological polar surface area (TPSA) is 87.2 Å². The number of hydrogen-bond donors (Lipinski definition) is 1. The highest BCUT2D eigenvalue weighted by Gasteiger charge is 2.40. The predicted octanol–water partition coefficient (Wildman–Crippen LogP) is 3.67. The molecule has 0 aliphatic carbocycles. The molecule has 0 saturated carbocycles. The van der Waals surface area contributed by atoms with E-state index in [9.17, 15) is 14.9 Å². The minimum Gasteiger partial charge on any atom is -0.365 e. The molecule has 0 bridgehead atoms. The molecule has 1 heterocycles. The van der Waals surface area contributed by atoms with Gasteiger partial charge in [-0.15, -0.1) is 0 Å². The van der Waals surface area contributed by atoms with Gasteiger partial charge >= 0.3 is 0 Å². The second kappa shape index (κ2) is 7.99. The predicted molar refractivity (Wildman–Crippen MR) is 110 cm³/mol. The first-order valence-electron chi connectivity index (χ1n) is 8.16. The van der Waals surface area contributed by atoms with Crippen molar-refractivity contribution in [1.29, 1.82) is 5.26 Å². The summed E-state index contributed by atoms with van der Waals surface area (Å²) in [5, 5.41) is 9.25. The Morgan fingerprint density at radius 1 is 1.30 bits per heavy atom. The smallest absolute Gasteiger partial charge is 0.262 e. The van der Waals surface area contributed by atoms with Crippen molar-refractivity contribution in [2.24, 2.45) is 5.73 Å². The van der Waals surface area contributed by atoms with E-state index in [1.165, 1.54) is 16.7 Å². The van der Waals surface area contributed by atoms with Crippen molar-refractivity contribution in [3.63, 3.8) is 0 Å². The summed E-state index contributed by atoms with van der Waals surface area (Å²) >= 11 is 4.57. The third kappa shape index (κ3) is 4.07. The molecule has 1 fully saturated rings. The van der Waals surface area contributed by atoms with Gasteiger partial charge in [0, 0.05) is 10.2 Å². The van der Waals surface area contributed by atoms with Crippen LogP contribution in [0.2, 0.25) is 0 Å². The summed E-state index contributed by atoms with van der Waals surface area (Å²) in [6.07, 6.45) is 0.499. The van der Waals surface area contributed by atoms with Crippen molar-refractivity contribution in [3.05, 3.63) is 74.7 Å². The Labute approximate surface area is 170 Å². The number of carbonyl (C=O) groups excluding carboxylic acids is 2. The van der Waals surface area contributed by atoms with Crippen molar-refractivity contribution < 1.29 is 9.59 Å². The lowest BCUT2D eigenvalue weighted by molar-refractivity contribution is -0.117. The van der Waals surface area contributed by atoms with Crippen LogP contribution in [-0.4, -0.2) is 17.1 Å². The van der Waals surface area contributed by atoms with Crippen molar-refractivity contribution in [2.45, 2.75) is 18.6 Å². The molecule has 2 aromatic rings. The molecule has 2 amide bonds. The zero-order valence-electron chi connectivity index (χ0n) is 14.5. The minimum absolute atomic E-state index is 0.173. The number of halogens is 1. The summed E-state index contributed by atoms with van der Waals surface area (Å²) in [5.74, 6) is -1.01. The number of amides is 2. The Balaban J connectivity index is 2.03. The van der Waals surface area contributed by atoms with Crippen molar-refractivity contribution >= 4 is 45.2 Å². The summed E-state index contributed by atoms with van der Waals surface area (Å²) in [6.45, 7) is 1.99. The molecule has 2 aromatic carbocycles. The maximum atomic E-state index is 13.1. The Hall–Kier alpha value is -2.56. The lowest BCUT2D eigenvalue weighted by atomic mass is 10.1. The third-order valence-electron chi connectivity index (χ3n) is 4.11. The quantitative estimate of drug-likeness (QED) is 0.578. The van der Waals surface area contributed by atoms with Crippen LogP contribution in [0.5, 0.6) is 0 Å². The van der Waals surface area contributed by atoms with Crippen LogP contribution in [0.25, 0.3) is 0 Å². The third-order valence-corrected chi connectivity index (χ3v) is 5.90. The number of hydrogen-bond acceptors (Lipinski definition) is 4. The molecule has 1 aliphatic rings. The van der Waals surface area contributed by atoms with Gasteiger partial charge in [0.1, 0.15) is 16.7 Å². The molecule has 2 N–H and O–H groups in total. The molecule has 5 nitrogen and oxygen atoms in total. The van der Waals surface area contributed by atoms with E-state index in [0.717, 1.165) is 15.6 Å². The molecule has 1 aliphatic heterocycles. The van der Waals surface area contributed by atoms with Gasteiger partial charge in [0.25, 0.3) is 5.91 Å². The fourth-order valence-corrected chi connectivity index (χ4v) is 4.46. The molecular formula is C20H16BrN3O2S. The lowest BCUT2D eigenvalue weighted by Crippen LogP contribution is -2.31. The van der Waals surface area contributed by atoms with Gasteiger partial charge in [-0.25, -0.2) is 0 Å². The van der Waals surface area contributed by atoms with E-state index in [2.05, 4.69) is 15.9 Å². The van der Waals surface area contributed by atoms with Gasteiger partial charge < -0.3 is 5.73 Å². The van der Waals surface area contributed by atoms with E-state index in [4.69, 9.17) is 5.73 Å². The van der Waals surface area contributed by atoms with Crippen molar-refractivity contribution in [2.75, 3.05) is 4.90 Å². The Morgan fingerprint density at radius 3 is 2.59 bits per heavy atom. The summed E-state index contributed by atoms with van der Waals surface area (Å²) < 4.78 is 0.864. The molecule has 0 radical (unpaired) electrons. The molecule has 1 unspecified atom stereocenters. The van der Waals surface area contributed by atoms with E-state index < -0.39 is 11.2 Å². The molecule has 7 heteroatoms. The summed E-state index contributed by atoms with van der Waals surface area (Å²) in [5.41, 5.74) is 7.89. The first kappa shape index (κ1) is 19.2. The van der Waals surface area contributed by atoms with Crippen molar-refractivity contribution in [3.8, 4) is 6.07 Å². The summed E-state index contributed by atoms with van der Waals surface area (Å²) in [7, 11) is 0. The second-order valence-electron chi connectivity index (χ2n) is 6.11. The number of primary amides is 1. The zero-order valence-corrected chi connectivity index (χ0v) is 16.9. The molecule has 0 spiro atoms. The zero-order chi connectivity index (χ0) is 19.6. The lowest BCUT2D eigenvalue weighted by Gasteiger charge is -2.18. The van der Waals surface area contributed by atoms with Crippen LogP contribution in [-0.2, 0) is 16.0 Å². The maximum Gasteiger partial charge on any atom is 0.262 e. The average Bonchev–Trinajstić information content (AvgIpc) is 2.92. The Morgan fingerprint density at radius 2 is 2.00 bits per heavy atom. The SMILES string of the molecule is Cc1cccc(CC2SC(=C(C#N)C(N)=O)N(c3ccc(Br)cc3)C2=O)c1. The van der Waals surface area contributed by atoms with Crippen molar-refractivity contribution in [1.82, 2.24) is 0 Å². The highest BCUT2D eigenvalue weighted by molar-refractivity contribution is 9.10. The van der Waals surface area contributed by atoms with Gasteiger partial charge in [-0.3, -0.25) is 14.5 Å². The number of thioether (sulfide) groups is 1. The highest BCUT2D eigenvalue weighted by atomic mass is 79.9. The van der Waals surface area contributed by atoms with Crippen LogP contribution in [0.3, 0.4) is 0 Å². The molecule has 0 aromatic heterocycles. The number of aryl methyl sites for hydroxylation is 1. The molecular weight excluding hydrogens is 426 g/mol. The summed E-state index contributed by atoms with van der Waals surface area (Å²) in [6, 6.07) is 16.9. The number of carbonyl (C=O) groups is 2. The van der Waals surface area contributed by atoms with E-state index in [-0.39, 0.29) is 16.5 Å². The van der Waals surface area contributed by atoms with Crippen LogP contribution in [0.15, 0.2) is 63.6 Å². The first-order chi connectivity index (χ1) is 12.9. The Bertz CT molecular complexity index is 979. The van der Waals surface area contributed by atoms with Gasteiger partial charge in [0.2, 0.25) is 5.91 Å². The first-order valence-corrected chi connectivity index (χ1v) is 9.84. The largest absolute Gasteiger partial charge is 0.365 e. The Kier molecular flexibility index (Phi) is 5.68. The monoisotopic (exact) mass is 441 g/mol. The van der Waals surface area contributed by atoms with E-state index in [1.54, 1.807) is 24.3 Å². The van der Waals surface area contributed by atoms with Gasteiger partial charge in [-0.05, 0) is 43.2 Å². The van der Waals surface area contributed by atoms with Crippen LogP contribution < -0.4 is 10.6 Å². The maximum absolute atomic E-state index is 13.1. The molecule has 3 rings (SSSR count). The van der Waals surface area contributed by atoms with Crippen LogP contribution in [0, 0.1) is 18.3 Å². The van der Waals surface area contributed by atoms with Crippen LogP contribution in [0.4, 0.5) is 5.69 Å².